The van der Waals surface area contributed by atoms with Crippen LogP contribution in [0.4, 0.5) is 0 Å². The van der Waals surface area contributed by atoms with E-state index in [0.29, 0.717) is 33.5 Å². The summed E-state index contributed by atoms with van der Waals surface area (Å²) in [5.41, 5.74) is 2.50. The maximum absolute atomic E-state index is 12.6. The van der Waals surface area contributed by atoms with Crippen LogP contribution in [-0.2, 0) is 22.5 Å². The molecule has 8 nitrogen and oxygen atoms in total. The highest BCUT2D eigenvalue weighted by molar-refractivity contribution is 6.21. The molecule has 4 rings (SSSR count). The highest BCUT2D eigenvalue weighted by atomic mass is 16.5. The molecule has 3 aromatic rings. The molecule has 1 aromatic heterocycles. The molecule has 2 amide bonds. The maximum atomic E-state index is 12.6. The minimum atomic E-state index is -0.421. The Balaban J connectivity index is 1.66. The zero-order valence-electron chi connectivity index (χ0n) is 16.3. The second-order valence-corrected chi connectivity index (χ2v) is 6.78. The van der Waals surface area contributed by atoms with E-state index in [1.165, 1.54) is 4.90 Å². The van der Waals surface area contributed by atoms with Gasteiger partial charge in [-0.1, -0.05) is 12.1 Å². The molecule has 1 aliphatic rings. The summed E-state index contributed by atoms with van der Waals surface area (Å²) in [5, 5.41) is 9.23. The number of amides is 2. The third-order valence-corrected chi connectivity index (χ3v) is 4.99. The summed E-state index contributed by atoms with van der Waals surface area (Å²) in [6, 6.07) is 13.8. The Bertz CT molecular complexity index is 1190. The molecule has 0 fully saturated rings. The van der Waals surface area contributed by atoms with Crippen molar-refractivity contribution in [1.29, 1.82) is 5.26 Å². The normalized spacial score (nSPS) is 12.9. The topological polar surface area (TPSA) is 105 Å². The Kier molecular flexibility index (Phi) is 5.02. The van der Waals surface area contributed by atoms with Crippen molar-refractivity contribution in [2.24, 2.45) is 0 Å². The quantitative estimate of drug-likeness (QED) is 0.463. The average molecular weight is 402 g/mol. The van der Waals surface area contributed by atoms with Gasteiger partial charge in [0.05, 0.1) is 40.4 Å². The SMILES string of the molecule is CCOC(=O)Cc1nc2ccc(C#N)cc2n1CCN1C(=O)c2ccccc2C1=O. The van der Waals surface area contributed by atoms with Gasteiger partial charge in [-0.15, -0.1) is 0 Å². The Morgan fingerprint density at radius 2 is 1.80 bits per heavy atom. The number of imide groups is 1. The fraction of sp³-hybridized carbons (Fsp3) is 0.227. The van der Waals surface area contributed by atoms with Gasteiger partial charge in [-0.25, -0.2) is 4.98 Å². The summed E-state index contributed by atoms with van der Waals surface area (Å²) in [6.45, 7) is 2.34. The van der Waals surface area contributed by atoms with E-state index in [1.54, 1.807) is 54.0 Å². The Morgan fingerprint density at radius 1 is 1.10 bits per heavy atom. The molecule has 0 aliphatic carbocycles. The summed E-state index contributed by atoms with van der Waals surface area (Å²) in [6.07, 6.45) is -0.0491. The van der Waals surface area contributed by atoms with Crippen molar-refractivity contribution < 1.29 is 19.1 Å². The first-order valence-corrected chi connectivity index (χ1v) is 9.53. The number of hydrogen-bond donors (Lipinski definition) is 0. The lowest BCUT2D eigenvalue weighted by Gasteiger charge is -2.16. The van der Waals surface area contributed by atoms with Crippen molar-refractivity contribution in [3.05, 3.63) is 65.0 Å². The number of rotatable bonds is 6. The predicted octanol–water partition coefficient (Wildman–Crippen LogP) is 2.31. The standard InChI is InChI=1S/C22H18N4O4/c1-2-30-20(27)12-19-24-17-8-7-14(13-23)11-18(17)25(19)9-10-26-21(28)15-5-3-4-6-16(15)22(26)29/h3-8,11H,2,9-10,12H2,1H3. The number of aromatic nitrogens is 2. The van der Waals surface area contributed by atoms with Crippen molar-refractivity contribution in [1.82, 2.24) is 14.5 Å². The molecular formula is C22H18N4O4. The molecular weight excluding hydrogens is 384 g/mol. The Labute approximate surface area is 172 Å². The first-order chi connectivity index (χ1) is 14.5. The molecule has 0 saturated carbocycles. The summed E-state index contributed by atoms with van der Waals surface area (Å²) >= 11 is 0. The molecule has 2 aromatic carbocycles. The maximum Gasteiger partial charge on any atom is 0.313 e. The lowest BCUT2D eigenvalue weighted by Crippen LogP contribution is -2.33. The second-order valence-electron chi connectivity index (χ2n) is 6.78. The van der Waals surface area contributed by atoms with Gasteiger partial charge in [0.2, 0.25) is 0 Å². The van der Waals surface area contributed by atoms with Gasteiger partial charge in [0.15, 0.2) is 0 Å². The van der Waals surface area contributed by atoms with E-state index < -0.39 is 5.97 Å². The van der Waals surface area contributed by atoms with E-state index in [2.05, 4.69) is 11.1 Å². The van der Waals surface area contributed by atoms with Crippen LogP contribution >= 0.6 is 0 Å². The Morgan fingerprint density at radius 3 is 2.43 bits per heavy atom. The number of benzene rings is 2. The monoisotopic (exact) mass is 402 g/mol. The fourth-order valence-corrected chi connectivity index (χ4v) is 3.61. The van der Waals surface area contributed by atoms with E-state index in [0.717, 1.165) is 0 Å². The van der Waals surface area contributed by atoms with Crippen molar-refractivity contribution in [2.45, 2.75) is 19.9 Å². The van der Waals surface area contributed by atoms with Crippen LogP contribution in [0, 0.1) is 11.3 Å². The van der Waals surface area contributed by atoms with Crippen LogP contribution in [0.25, 0.3) is 11.0 Å². The number of ether oxygens (including phenoxy) is 1. The fourth-order valence-electron chi connectivity index (χ4n) is 3.61. The molecule has 0 spiro atoms. The first-order valence-electron chi connectivity index (χ1n) is 9.53. The van der Waals surface area contributed by atoms with Gasteiger partial charge in [0, 0.05) is 13.1 Å². The van der Waals surface area contributed by atoms with Gasteiger partial charge in [-0.2, -0.15) is 5.26 Å². The third-order valence-electron chi connectivity index (χ3n) is 4.99. The Hall–Kier alpha value is -3.99. The molecule has 0 atom stereocenters. The number of hydrogen-bond acceptors (Lipinski definition) is 6. The van der Waals surface area contributed by atoms with Gasteiger partial charge in [0.1, 0.15) is 12.2 Å². The number of fused-ring (bicyclic) bond motifs is 2. The molecule has 1 aliphatic heterocycles. The minimum absolute atomic E-state index is 0.0491. The number of imidazole rings is 1. The van der Waals surface area contributed by atoms with Crippen molar-refractivity contribution >= 4 is 28.8 Å². The molecule has 8 heteroatoms. The van der Waals surface area contributed by atoms with E-state index in [-0.39, 0.29) is 37.9 Å². The van der Waals surface area contributed by atoms with Gasteiger partial charge >= 0.3 is 5.97 Å². The molecule has 0 unspecified atom stereocenters. The van der Waals surface area contributed by atoms with E-state index in [9.17, 15) is 19.6 Å². The van der Waals surface area contributed by atoms with Gasteiger partial charge in [-0.3, -0.25) is 19.3 Å². The smallest absolute Gasteiger partial charge is 0.313 e. The largest absolute Gasteiger partial charge is 0.466 e. The molecule has 150 valence electrons. The lowest BCUT2D eigenvalue weighted by molar-refractivity contribution is -0.142. The number of carbonyl (C=O) groups excluding carboxylic acids is 3. The zero-order chi connectivity index (χ0) is 21.3. The molecule has 30 heavy (non-hydrogen) atoms. The first kappa shape index (κ1) is 19.3. The number of carbonyl (C=O) groups is 3. The summed E-state index contributed by atoms with van der Waals surface area (Å²) in [7, 11) is 0. The average Bonchev–Trinajstić information content (AvgIpc) is 3.21. The number of nitrogens with zero attached hydrogens (tertiary/aromatic N) is 4. The summed E-state index contributed by atoms with van der Waals surface area (Å²) < 4.78 is 6.79. The lowest BCUT2D eigenvalue weighted by atomic mass is 10.1. The van der Waals surface area contributed by atoms with Crippen LogP contribution in [0.15, 0.2) is 42.5 Å². The number of nitriles is 1. The highest BCUT2D eigenvalue weighted by Gasteiger charge is 2.34. The van der Waals surface area contributed by atoms with Gasteiger partial charge in [-0.05, 0) is 37.3 Å². The molecule has 0 N–H and O–H groups in total. The third kappa shape index (κ3) is 3.31. The zero-order valence-corrected chi connectivity index (χ0v) is 16.3. The van der Waals surface area contributed by atoms with Crippen LogP contribution in [0.3, 0.4) is 0 Å². The van der Waals surface area contributed by atoms with E-state index in [4.69, 9.17) is 4.74 Å². The highest BCUT2D eigenvalue weighted by Crippen LogP contribution is 2.24. The van der Waals surface area contributed by atoms with Gasteiger partial charge < -0.3 is 9.30 Å². The van der Waals surface area contributed by atoms with Crippen molar-refractivity contribution in [3.8, 4) is 6.07 Å². The van der Waals surface area contributed by atoms with E-state index in [1.807, 2.05) is 0 Å². The van der Waals surface area contributed by atoms with E-state index >= 15 is 0 Å². The summed E-state index contributed by atoms with van der Waals surface area (Å²) in [5.74, 6) is -0.653. The number of esters is 1. The summed E-state index contributed by atoms with van der Waals surface area (Å²) in [4.78, 5) is 43.0. The van der Waals surface area contributed by atoms with Crippen molar-refractivity contribution in [2.75, 3.05) is 13.2 Å². The van der Waals surface area contributed by atoms with Crippen LogP contribution < -0.4 is 0 Å². The van der Waals surface area contributed by atoms with Gasteiger partial charge in [0.25, 0.3) is 11.8 Å². The predicted molar refractivity (Wildman–Crippen MR) is 107 cm³/mol. The molecule has 2 heterocycles. The minimum Gasteiger partial charge on any atom is -0.466 e. The van der Waals surface area contributed by atoms with Crippen molar-refractivity contribution in [3.63, 3.8) is 0 Å². The molecule has 0 saturated heterocycles. The molecule has 0 radical (unpaired) electrons. The second kappa shape index (κ2) is 7.79. The van der Waals surface area contributed by atoms with Crippen LogP contribution in [0.1, 0.15) is 39.0 Å². The van der Waals surface area contributed by atoms with Crippen LogP contribution in [0.2, 0.25) is 0 Å². The van der Waals surface area contributed by atoms with Crippen LogP contribution in [-0.4, -0.2) is 45.4 Å². The molecule has 0 bridgehead atoms. The van der Waals surface area contributed by atoms with Crippen LogP contribution in [0.5, 0.6) is 0 Å².